The minimum Gasteiger partial charge on any atom is -0.462 e. The number of rotatable bonds is 4. The Balaban J connectivity index is 1.84. The Morgan fingerprint density at radius 1 is 1.33 bits per heavy atom. The SMILES string of the molecule is CC(C)OC(=O)[C@@H]1C[C@@]2(CN1Cc1ccccc1)NC(=O)NC2=O. The van der Waals surface area contributed by atoms with E-state index >= 15 is 0 Å². The first-order valence-corrected chi connectivity index (χ1v) is 8.02. The third-order valence-corrected chi connectivity index (χ3v) is 4.32. The maximum absolute atomic E-state index is 12.5. The molecule has 0 saturated carbocycles. The fourth-order valence-corrected chi connectivity index (χ4v) is 3.29. The highest BCUT2D eigenvalue weighted by Crippen LogP contribution is 2.32. The summed E-state index contributed by atoms with van der Waals surface area (Å²) < 4.78 is 5.34. The molecule has 0 unspecified atom stereocenters. The van der Waals surface area contributed by atoms with Crippen molar-refractivity contribution in [3.8, 4) is 0 Å². The third kappa shape index (κ3) is 3.12. The van der Waals surface area contributed by atoms with Crippen LogP contribution >= 0.6 is 0 Å². The van der Waals surface area contributed by atoms with Crippen LogP contribution in [0.3, 0.4) is 0 Å². The van der Waals surface area contributed by atoms with Crippen molar-refractivity contribution in [2.24, 2.45) is 0 Å². The van der Waals surface area contributed by atoms with E-state index < -0.39 is 17.6 Å². The lowest BCUT2D eigenvalue weighted by molar-refractivity contribution is -0.153. The molecule has 2 aliphatic rings. The zero-order chi connectivity index (χ0) is 17.3. The summed E-state index contributed by atoms with van der Waals surface area (Å²) in [6, 6.07) is 8.60. The molecule has 0 bridgehead atoms. The number of nitrogens with zero attached hydrogens (tertiary/aromatic N) is 1. The van der Waals surface area contributed by atoms with Gasteiger partial charge in [-0.3, -0.25) is 19.8 Å². The van der Waals surface area contributed by atoms with Gasteiger partial charge in [-0.05, 0) is 19.4 Å². The van der Waals surface area contributed by atoms with Gasteiger partial charge in [-0.1, -0.05) is 30.3 Å². The normalized spacial score (nSPS) is 26.7. The average Bonchev–Trinajstić information content (AvgIpc) is 3.00. The molecule has 7 nitrogen and oxygen atoms in total. The molecule has 24 heavy (non-hydrogen) atoms. The Morgan fingerprint density at radius 2 is 2.04 bits per heavy atom. The van der Waals surface area contributed by atoms with Crippen molar-refractivity contribution < 1.29 is 19.1 Å². The van der Waals surface area contributed by atoms with Crippen LogP contribution in [0.25, 0.3) is 0 Å². The van der Waals surface area contributed by atoms with Gasteiger partial charge < -0.3 is 10.1 Å². The Kier molecular flexibility index (Phi) is 4.28. The maximum atomic E-state index is 12.5. The Bertz CT molecular complexity index is 661. The highest BCUT2D eigenvalue weighted by Gasteiger charge is 2.56. The number of urea groups is 1. The van der Waals surface area contributed by atoms with E-state index in [4.69, 9.17) is 4.74 Å². The number of likely N-dealkylation sites (tertiary alicyclic amines) is 1. The summed E-state index contributed by atoms with van der Waals surface area (Å²) in [5.41, 5.74) is -0.0337. The van der Waals surface area contributed by atoms with Crippen molar-refractivity contribution in [2.75, 3.05) is 6.54 Å². The lowest BCUT2D eigenvalue weighted by atomic mass is 9.96. The van der Waals surface area contributed by atoms with Crippen LogP contribution in [0.1, 0.15) is 25.8 Å². The van der Waals surface area contributed by atoms with Gasteiger partial charge in [0.1, 0.15) is 11.6 Å². The summed E-state index contributed by atoms with van der Waals surface area (Å²) in [7, 11) is 0. The molecule has 3 amide bonds. The summed E-state index contributed by atoms with van der Waals surface area (Å²) in [6.07, 6.45) is -0.0252. The largest absolute Gasteiger partial charge is 0.462 e. The van der Waals surface area contributed by atoms with E-state index in [2.05, 4.69) is 10.6 Å². The lowest BCUT2D eigenvalue weighted by Crippen LogP contribution is -2.48. The number of ether oxygens (including phenoxy) is 1. The van der Waals surface area contributed by atoms with E-state index in [0.717, 1.165) is 5.56 Å². The zero-order valence-corrected chi connectivity index (χ0v) is 13.7. The van der Waals surface area contributed by atoms with Gasteiger partial charge in [0, 0.05) is 19.5 Å². The number of imide groups is 1. The number of hydrogen-bond acceptors (Lipinski definition) is 5. The number of benzene rings is 1. The van der Waals surface area contributed by atoms with Crippen LogP contribution < -0.4 is 10.6 Å². The van der Waals surface area contributed by atoms with E-state index in [1.165, 1.54) is 0 Å². The fourth-order valence-electron chi connectivity index (χ4n) is 3.29. The molecule has 3 rings (SSSR count). The minimum absolute atomic E-state index is 0.211. The number of carbonyl (C=O) groups is 3. The molecule has 1 aromatic carbocycles. The van der Waals surface area contributed by atoms with Crippen molar-refractivity contribution in [1.29, 1.82) is 0 Å². The lowest BCUT2D eigenvalue weighted by Gasteiger charge is -2.23. The molecular formula is C17H21N3O4. The summed E-state index contributed by atoms with van der Waals surface area (Å²) in [5.74, 6) is -0.753. The van der Waals surface area contributed by atoms with E-state index in [0.29, 0.717) is 6.54 Å². The Hall–Kier alpha value is -2.41. The second kappa shape index (κ2) is 6.24. The van der Waals surface area contributed by atoms with E-state index in [1.807, 2.05) is 35.2 Å². The molecule has 0 aliphatic carbocycles. The molecule has 2 aliphatic heterocycles. The standard InChI is InChI=1S/C17H21N3O4/c1-11(2)24-14(21)13-8-17(15(22)18-16(23)19-17)10-20(13)9-12-6-4-3-5-7-12/h3-7,11,13H,8-10H2,1-2H3,(H2,18,19,22,23)/t13-,17-/m0/s1. The first-order chi connectivity index (χ1) is 11.4. The van der Waals surface area contributed by atoms with Crippen molar-refractivity contribution in [2.45, 2.75) is 44.5 Å². The highest BCUT2D eigenvalue weighted by atomic mass is 16.5. The van der Waals surface area contributed by atoms with Crippen molar-refractivity contribution in [1.82, 2.24) is 15.5 Å². The van der Waals surface area contributed by atoms with Crippen molar-refractivity contribution in [3.05, 3.63) is 35.9 Å². The maximum Gasteiger partial charge on any atom is 0.323 e. The molecule has 2 saturated heterocycles. The van der Waals surface area contributed by atoms with Gasteiger partial charge in [-0.25, -0.2) is 4.79 Å². The molecular weight excluding hydrogens is 310 g/mol. The molecule has 2 fully saturated rings. The van der Waals surface area contributed by atoms with Gasteiger partial charge in [0.25, 0.3) is 5.91 Å². The van der Waals surface area contributed by atoms with Gasteiger partial charge in [0.15, 0.2) is 0 Å². The second-order valence-electron chi connectivity index (χ2n) is 6.59. The first kappa shape index (κ1) is 16.4. The molecule has 1 aromatic rings. The zero-order valence-electron chi connectivity index (χ0n) is 13.7. The first-order valence-electron chi connectivity index (χ1n) is 8.02. The molecule has 1 spiro atoms. The van der Waals surface area contributed by atoms with Crippen molar-refractivity contribution in [3.63, 3.8) is 0 Å². The Labute approximate surface area is 140 Å². The van der Waals surface area contributed by atoms with E-state index in [9.17, 15) is 14.4 Å². The van der Waals surface area contributed by atoms with Crippen LogP contribution in [-0.2, 0) is 20.9 Å². The predicted octanol–water partition coefficient (Wildman–Crippen LogP) is 0.791. The van der Waals surface area contributed by atoms with Gasteiger partial charge in [-0.2, -0.15) is 0 Å². The molecule has 0 radical (unpaired) electrons. The van der Waals surface area contributed by atoms with E-state index in [1.54, 1.807) is 13.8 Å². The molecule has 2 N–H and O–H groups in total. The molecule has 2 heterocycles. The monoisotopic (exact) mass is 331 g/mol. The molecule has 0 aromatic heterocycles. The predicted molar refractivity (Wildman–Crippen MR) is 85.9 cm³/mol. The van der Waals surface area contributed by atoms with Crippen LogP contribution in [0, 0.1) is 0 Å². The summed E-state index contributed by atoms with van der Waals surface area (Å²) in [6.45, 7) is 4.35. The molecule has 2 atom stereocenters. The van der Waals surface area contributed by atoms with Gasteiger partial charge in [0.2, 0.25) is 0 Å². The number of esters is 1. The topological polar surface area (TPSA) is 87.7 Å². The highest BCUT2D eigenvalue weighted by molar-refractivity contribution is 6.07. The van der Waals surface area contributed by atoms with Gasteiger partial charge >= 0.3 is 12.0 Å². The van der Waals surface area contributed by atoms with Crippen LogP contribution in [0.2, 0.25) is 0 Å². The average molecular weight is 331 g/mol. The van der Waals surface area contributed by atoms with Crippen LogP contribution in [0.15, 0.2) is 30.3 Å². The third-order valence-electron chi connectivity index (χ3n) is 4.32. The molecule has 128 valence electrons. The summed E-state index contributed by atoms with van der Waals surface area (Å²) >= 11 is 0. The summed E-state index contributed by atoms with van der Waals surface area (Å²) in [5, 5.41) is 4.95. The van der Waals surface area contributed by atoms with Gasteiger partial charge in [0.05, 0.1) is 6.10 Å². The summed E-state index contributed by atoms with van der Waals surface area (Å²) in [4.78, 5) is 38.2. The minimum atomic E-state index is -1.06. The van der Waals surface area contributed by atoms with Crippen LogP contribution in [0.5, 0.6) is 0 Å². The van der Waals surface area contributed by atoms with Crippen LogP contribution in [-0.4, -0.2) is 47.0 Å². The van der Waals surface area contributed by atoms with Crippen molar-refractivity contribution >= 4 is 17.9 Å². The number of carbonyl (C=O) groups excluding carboxylic acids is 3. The Morgan fingerprint density at radius 3 is 2.62 bits per heavy atom. The smallest absolute Gasteiger partial charge is 0.323 e. The molecule has 7 heteroatoms. The quantitative estimate of drug-likeness (QED) is 0.629. The number of amides is 3. The number of nitrogens with one attached hydrogen (secondary N) is 2. The fraction of sp³-hybridized carbons (Fsp3) is 0.471. The van der Waals surface area contributed by atoms with E-state index in [-0.39, 0.29) is 30.9 Å². The second-order valence-corrected chi connectivity index (χ2v) is 6.59. The van der Waals surface area contributed by atoms with Crippen LogP contribution in [0.4, 0.5) is 4.79 Å². The van der Waals surface area contributed by atoms with Gasteiger partial charge in [-0.15, -0.1) is 0 Å². The number of hydrogen-bond donors (Lipinski definition) is 2.